The van der Waals surface area contributed by atoms with Crippen molar-refractivity contribution < 1.29 is 24.2 Å². The molecule has 0 spiro atoms. The second kappa shape index (κ2) is 9.03. The molecule has 148 valence electrons. The molecular formula is C19H22N4O5. The number of rotatable bonds is 6. The summed E-state index contributed by atoms with van der Waals surface area (Å²) in [4.78, 5) is 17.6. The number of nitrogens with zero attached hydrogens (tertiary/aromatic N) is 4. The van der Waals surface area contributed by atoms with Gasteiger partial charge in [0.2, 0.25) is 5.88 Å². The Morgan fingerprint density at radius 2 is 1.75 bits per heavy atom. The van der Waals surface area contributed by atoms with E-state index in [1.807, 2.05) is 31.2 Å². The molecule has 1 aromatic carbocycles. The Morgan fingerprint density at radius 3 is 2.32 bits per heavy atom. The number of hydrogen-bond acceptors (Lipinski definition) is 7. The van der Waals surface area contributed by atoms with Crippen LogP contribution in [-0.2, 0) is 0 Å². The summed E-state index contributed by atoms with van der Waals surface area (Å²) in [7, 11) is 1.62. The van der Waals surface area contributed by atoms with Crippen LogP contribution in [0.3, 0.4) is 0 Å². The Hall–Kier alpha value is -3.36. The molecule has 0 saturated carbocycles. The number of benzene rings is 1. The van der Waals surface area contributed by atoms with Crippen LogP contribution in [0.5, 0.6) is 17.5 Å². The van der Waals surface area contributed by atoms with Crippen molar-refractivity contribution >= 4 is 11.8 Å². The highest BCUT2D eigenvalue weighted by atomic mass is 16.6. The van der Waals surface area contributed by atoms with Gasteiger partial charge < -0.3 is 24.3 Å². The van der Waals surface area contributed by atoms with E-state index in [2.05, 4.69) is 15.4 Å². The van der Waals surface area contributed by atoms with Gasteiger partial charge in [-0.05, 0) is 36.8 Å². The Morgan fingerprint density at radius 1 is 1.11 bits per heavy atom. The fourth-order valence-corrected chi connectivity index (χ4v) is 2.76. The Balaban J connectivity index is 1.52. The maximum absolute atomic E-state index is 10.9. The summed E-state index contributed by atoms with van der Waals surface area (Å²) in [6, 6.07) is 10.8. The van der Waals surface area contributed by atoms with Crippen LogP contribution in [0, 0.1) is 0 Å². The predicted octanol–water partition coefficient (Wildman–Crippen LogP) is 2.81. The first kappa shape index (κ1) is 19.4. The fourth-order valence-electron chi connectivity index (χ4n) is 2.76. The molecule has 2 aromatic rings. The fraction of sp³-hybridized carbons (Fsp3) is 0.368. The number of hydrogen-bond donors (Lipinski definition) is 1. The molecule has 1 amide bonds. The molecule has 1 aromatic heterocycles. The van der Waals surface area contributed by atoms with Crippen molar-refractivity contribution in [3.05, 3.63) is 42.0 Å². The molecule has 9 nitrogen and oxygen atoms in total. The average Bonchev–Trinajstić information content (AvgIpc) is 2.73. The average molecular weight is 386 g/mol. The molecule has 9 heteroatoms. The van der Waals surface area contributed by atoms with Crippen molar-refractivity contribution in [2.45, 2.75) is 25.9 Å². The van der Waals surface area contributed by atoms with E-state index < -0.39 is 6.09 Å². The lowest BCUT2D eigenvalue weighted by atomic mass is 10.1. The van der Waals surface area contributed by atoms with Crippen LogP contribution in [0.4, 0.5) is 4.79 Å². The lowest BCUT2D eigenvalue weighted by molar-refractivity contribution is 0.0863. The number of ether oxygens (including phenoxy) is 2. The molecule has 1 N–H and O–H groups in total. The summed E-state index contributed by atoms with van der Waals surface area (Å²) in [6.45, 7) is 2.73. The van der Waals surface area contributed by atoms with Crippen LogP contribution in [0.25, 0.3) is 0 Å². The standard InChI is InChI=1S/C19H22N4O5/c1-13(14-3-5-15(26-2)6-4-14)22-28-18-8-7-17(20-21-18)27-16-9-11-23(12-10-16)19(24)25/h3-8,16H,9-12H2,1-2H3,(H,24,25)/b22-13-. The summed E-state index contributed by atoms with van der Waals surface area (Å²) in [5.41, 5.74) is 1.59. The predicted molar refractivity (Wildman–Crippen MR) is 101 cm³/mol. The van der Waals surface area contributed by atoms with Gasteiger partial charge in [0.15, 0.2) is 0 Å². The minimum absolute atomic E-state index is 0.0768. The highest BCUT2D eigenvalue weighted by Crippen LogP contribution is 2.18. The van der Waals surface area contributed by atoms with E-state index in [0.717, 1.165) is 11.3 Å². The molecule has 2 heterocycles. The molecule has 0 aliphatic carbocycles. The van der Waals surface area contributed by atoms with E-state index in [9.17, 15) is 4.79 Å². The van der Waals surface area contributed by atoms with Gasteiger partial charge in [0.25, 0.3) is 5.88 Å². The van der Waals surface area contributed by atoms with E-state index in [1.165, 1.54) is 4.90 Å². The number of oxime groups is 1. The van der Waals surface area contributed by atoms with Gasteiger partial charge >= 0.3 is 6.09 Å². The summed E-state index contributed by atoms with van der Waals surface area (Å²) < 4.78 is 10.9. The summed E-state index contributed by atoms with van der Waals surface area (Å²) in [5, 5.41) is 21.0. The molecule has 1 saturated heterocycles. The molecule has 0 unspecified atom stereocenters. The van der Waals surface area contributed by atoms with E-state index in [4.69, 9.17) is 19.4 Å². The van der Waals surface area contributed by atoms with Gasteiger partial charge in [-0.1, -0.05) is 5.16 Å². The second-order valence-corrected chi connectivity index (χ2v) is 6.29. The lowest BCUT2D eigenvalue weighted by Gasteiger charge is -2.29. The third-order valence-corrected chi connectivity index (χ3v) is 4.40. The van der Waals surface area contributed by atoms with Gasteiger partial charge in [0, 0.05) is 38.1 Å². The van der Waals surface area contributed by atoms with Gasteiger partial charge in [-0.25, -0.2) is 4.79 Å². The highest BCUT2D eigenvalue weighted by molar-refractivity contribution is 5.98. The first-order chi connectivity index (χ1) is 13.5. The number of amides is 1. The molecular weight excluding hydrogens is 364 g/mol. The number of carbonyl (C=O) groups is 1. The van der Waals surface area contributed by atoms with Crippen molar-refractivity contribution in [3.63, 3.8) is 0 Å². The Bertz CT molecular complexity index is 815. The quantitative estimate of drug-likeness (QED) is 0.601. The van der Waals surface area contributed by atoms with Crippen LogP contribution < -0.4 is 14.3 Å². The van der Waals surface area contributed by atoms with Gasteiger partial charge in [-0.2, -0.15) is 0 Å². The Kier molecular flexibility index (Phi) is 6.25. The first-order valence-electron chi connectivity index (χ1n) is 8.89. The lowest BCUT2D eigenvalue weighted by Crippen LogP contribution is -2.41. The summed E-state index contributed by atoms with van der Waals surface area (Å²) in [6.07, 6.45) is 0.270. The minimum Gasteiger partial charge on any atom is -0.497 e. The molecule has 3 rings (SSSR count). The zero-order valence-electron chi connectivity index (χ0n) is 15.7. The number of methoxy groups -OCH3 is 1. The molecule has 0 bridgehead atoms. The highest BCUT2D eigenvalue weighted by Gasteiger charge is 2.23. The van der Waals surface area contributed by atoms with Crippen LogP contribution in [0.15, 0.2) is 41.6 Å². The number of piperidine rings is 1. The third kappa shape index (κ3) is 5.09. The van der Waals surface area contributed by atoms with Crippen molar-refractivity contribution in [2.24, 2.45) is 5.16 Å². The van der Waals surface area contributed by atoms with Gasteiger partial charge in [-0.3, -0.25) is 0 Å². The van der Waals surface area contributed by atoms with E-state index in [-0.39, 0.29) is 12.0 Å². The summed E-state index contributed by atoms with van der Waals surface area (Å²) in [5.74, 6) is 1.39. The van der Waals surface area contributed by atoms with E-state index in [1.54, 1.807) is 19.2 Å². The molecule has 1 aliphatic heterocycles. The minimum atomic E-state index is -0.898. The van der Waals surface area contributed by atoms with Crippen LogP contribution in [0.1, 0.15) is 25.3 Å². The molecule has 1 aliphatic rings. The third-order valence-electron chi connectivity index (χ3n) is 4.40. The van der Waals surface area contributed by atoms with Crippen molar-refractivity contribution in [1.29, 1.82) is 0 Å². The van der Waals surface area contributed by atoms with Gasteiger partial charge in [-0.15, -0.1) is 10.2 Å². The molecule has 1 fully saturated rings. The van der Waals surface area contributed by atoms with Gasteiger partial charge in [0.1, 0.15) is 11.9 Å². The van der Waals surface area contributed by atoms with Crippen LogP contribution in [0.2, 0.25) is 0 Å². The number of likely N-dealkylation sites (tertiary alicyclic amines) is 1. The van der Waals surface area contributed by atoms with Gasteiger partial charge in [0.05, 0.1) is 12.8 Å². The van der Waals surface area contributed by atoms with Crippen molar-refractivity contribution in [2.75, 3.05) is 20.2 Å². The van der Waals surface area contributed by atoms with Crippen LogP contribution >= 0.6 is 0 Å². The molecule has 0 atom stereocenters. The second-order valence-electron chi connectivity index (χ2n) is 6.29. The van der Waals surface area contributed by atoms with E-state index in [0.29, 0.717) is 37.5 Å². The zero-order chi connectivity index (χ0) is 19.9. The molecule has 0 radical (unpaired) electrons. The maximum atomic E-state index is 10.9. The summed E-state index contributed by atoms with van der Waals surface area (Å²) >= 11 is 0. The Labute approximate surface area is 162 Å². The first-order valence-corrected chi connectivity index (χ1v) is 8.89. The van der Waals surface area contributed by atoms with Crippen LogP contribution in [-0.4, -0.2) is 58.3 Å². The van der Waals surface area contributed by atoms with Crippen molar-refractivity contribution in [1.82, 2.24) is 15.1 Å². The maximum Gasteiger partial charge on any atom is 0.407 e. The monoisotopic (exact) mass is 386 g/mol. The van der Waals surface area contributed by atoms with E-state index >= 15 is 0 Å². The largest absolute Gasteiger partial charge is 0.497 e. The SMILES string of the molecule is COc1ccc(/C(C)=N\Oc2ccc(OC3CCN(C(=O)O)CC3)nn2)cc1. The van der Waals surface area contributed by atoms with Crippen molar-refractivity contribution in [3.8, 4) is 17.5 Å². The number of aromatic nitrogens is 2. The molecule has 28 heavy (non-hydrogen) atoms. The topological polar surface area (TPSA) is 106 Å². The number of carboxylic acid groups (broad SMARTS) is 1. The smallest absolute Gasteiger partial charge is 0.407 e. The normalized spacial score (nSPS) is 15.2. The zero-order valence-corrected chi connectivity index (χ0v) is 15.7.